The van der Waals surface area contributed by atoms with Crippen molar-refractivity contribution >= 4 is 28.9 Å². The number of nitrogen functional groups attached to an aromatic ring is 1. The van der Waals surface area contributed by atoms with E-state index in [0.717, 1.165) is 35.7 Å². The van der Waals surface area contributed by atoms with E-state index in [2.05, 4.69) is 34.8 Å². The van der Waals surface area contributed by atoms with Gasteiger partial charge in [-0.15, -0.1) is 0 Å². The number of rotatable bonds is 5. The molecule has 1 atom stereocenters. The number of imidazole rings is 1. The molecule has 2 rings (SSSR count). The van der Waals surface area contributed by atoms with E-state index in [9.17, 15) is 0 Å². The molecule has 2 aromatic rings. The smallest absolute Gasteiger partial charge is 0.202 e. The van der Waals surface area contributed by atoms with Gasteiger partial charge in [0.15, 0.2) is 5.65 Å². The molecule has 0 aliphatic heterocycles. The van der Waals surface area contributed by atoms with E-state index >= 15 is 0 Å². The molecule has 0 spiro atoms. The number of aryl methyl sites for hydroxylation is 2. The number of fused-ring (bicyclic) bond motifs is 1. The first-order chi connectivity index (χ1) is 8.58. The Hall–Kier alpha value is -1.17. The predicted molar refractivity (Wildman–Crippen MR) is 77.9 cm³/mol. The Bertz CT molecular complexity index is 542. The molecular weight excluding hydrogens is 246 g/mol. The first-order valence-corrected chi connectivity index (χ1v) is 7.65. The summed E-state index contributed by atoms with van der Waals surface area (Å²) in [6.45, 7) is 8.04. The van der Waals surface area contributed by atoms with Gasteiger partial charge in [-0.2, -0.15) is 16.9 Å². The monoisotopic (exact) mass is 267 g/mol. The average Bonchev–Trinajstić information content (AvgIpc) is 2.79. The van der Waals surface area contributed by atoms with Gasteiger partial charge < -0.3 is 5.73 Å². The second-order valence-electron chi connectivity index (χ2n) is 4.71. The van der Waals surface area contributed by atoms with Crippen LogP contribution in [0, 0.1) is 12.8 Å². The van der Waals surface area contributed by atoms with Crippen LogP contribution in [0.2, 0.25) is 0 Å². The molecule has 2 aromatic heterocycles. The molecule has 0 aliphatic carbocycles. The van der Waals surface area contributed by atoms with Crippen molar-refractivity contribution in [2.24, 2.45) is 5.92 Å². The summed E-state index contributed by atoms with van der Waals surface area (Å²) in [6, 6.07) is 0. The van der Waals surface area contributed by atoms with Crippen molar-refractivity contribution in [2.75, 3.05) is 17.7 Å². The number of hydrogen-bond donors (Lipinski definition) is 1. The first kappa shape index (κ1) is 13.3. The van der Waals surface area contributed by atoms with Crippen LogP contribution < -0.4 is 5.73 Å². The Morgan fingerprint density at radius 3 is 2.78 bits per heavy atom. The standard InChI is InChI=1S/C12H21N5S/c1-5-17-11-10(9(3)15-17)14-12(13)16(11)6-8(2)7-18-4/h8H,5-7H2,1-4H3,(H2,13,14). The minimum Gasteiger partial charge on any atom is -0.369 e. The summed E-state index contributed by atoms with van der Waals surface area (Å²) in [5, 5.41) is 4.50. The highest BCUT2D eigenvalue weighted by atomic mass is 32.2. The number of nitrogens with two attached hydrogens (primary N) is 1. The van der Waals surface area contributed by atoms with Crippen molar-refractivity contribution in [1.29, 1.82) is 0 Å². The Labute approximate surface area is 112 Å². The van der Waals surface area contributed by atoms with Crippen LogP contribution in [0.25, 0.3) is 11.2 Å². The first-order valence-electron chi connectivity index (χ1n) is 6.26. The number of hydrogen-bond acceptors (Lipinski definition) is 4. The van der Waals surface area contributed by atoms with Gasteiger partial charge in [0.1, 0.15) is 5.52 Å². The van der Waals surface area contributed by atoms with Crippen molar-refractivity contribution < 1.29 is 0 Å². The van der Waals surface area contributed by atoms with Crippen LogP contribution in [0.3, 0.4) is 0 Å². The number of thioether (sulfide) groups is 1. The van der Waals surface area contributed by atoms with Crippen LogP contribution in [-0.2, 0) is 13.1 Å². The fourth-order valence-corrected chi connectivity index (χ4v) is 2.97. The summed E-state index contributed by atoms with van der Waals surface area (Å²) < 4.78 is 4.08. The molecule has 18 heavy (non-hydrogen) atoms. The molecule has 0 saturated carbocycles. The minimum absolute atomic E-state index is 0.570. The fourth-order valence-electron chi connectivity index (χ4n) is 2.29. The van der Waals surface area contributed by atoms with Gasteiger partial charge in [-0.05, 0) is 31.8 Å². The number of aromatic nitrogens is 4. The molecule has 0 radical (unpaired) electrons. The Balaban J connectivity index is 2.45. The van der Waals surface area contributed by atoms with E-state index in [1.165, 1.54) is 0 Å². The van der Waals surface area contributed by atoms with Gasteiger partial charge in [-0.1, -0.05) is 6.92 Å². The van der Waals surface area contributed by atoms with Gasteiger partial charge >= 0.3 is 0 Å². The van der Waals surface area contributed by atoms with E-state index in [4.69, 9.17) is 5.73 Å². The van der Waals surface area contributed by atoms with E-state index in [-0.39, 0.29) is 0 Å². The third-order valence-corrected chi connectivity index (χ3v) is 3.98. The van der Waals surface area contributed by atoms with Crippen LogP contribution in [0.1, 0.15) is 19.5 Å². The molecule has 6 heteroatoms. The highest BCUT2D eigenvalue weighted by molar-refractivity contribution is 7.98. The molecular formula is C12H21N5S. The maximum Gasteiger partial charge on any atom is 0.202 e. The maximum atomic E-state index is 6.04. The summed E-state index contributed by atoms with van der Waals surface area (Å²) in [7, 11) is 0. The highest BCUT2D eigenvalue weighted by Gasteiger charge is 2.17. The van der Waals surface area contributed by atoms with Crippen LogP contribution in [-0.4, -0.2) is 31.3 Å². The Morgan fingerprint density at radius 1 is 1.44 bits per heavy atom. The summed E-state index contributed by atoms with van der Waals surface area (Å²) in [6.07, 6.45) is 2.13. The second kappa shape index (κ2) is 5.22. The van der Waals surface area contributed by atoms with Gasteiger partial charge in [0, 0.05) is 13.1 Å². The summed E-state index contributed by atoms with van der Waals surface area (Å²) >= 11 is 1.86. The quantitative estimate of drug-likeness (QED) is 0.901. The lowest BCUT2D eigenvalue weighted by Crippen LogP contribution is -2.14. The molecule has 0 aliphatic rings. The van der Waals surface area contributed by atoms with E-state index in [1.54, 1.807) is 0 Å². The lowest BCUT2D eigenvalue weighted by molar-refractivity contribution is 0.531. The maximum absolute atomic E-state index is 6.04. The van der Waals surface area contributed by atoms with Gasteiger partial charge in [0.25, 0.3) is 0 Å². The van der Waals surface area contributed by atoms with Gasteiger partial charge in [-0.3, -0.25) is 4.57 Å². The lowest BCUT2D eigenvalue weighted by atomic mass is 10.2. The SMILES string of the molecule is CCn1nc(C)c2nc(N)n(CC(C)CSC)c21. The molecule has 0 saturated heterocycles. The van der Waals surface area contributed by atoms with E-state index < -0.39 is 0 Å². The van der Waals surface area contributed by atoms with Crippen molar-refractivity contribution in [3.8, 4) is 0 Å². The number of anilines is 1. The summed E-state index contributed by atoms with van der Waals surface area (Å²) in [5.74, 6) is 2.29. The zero-order chi connectivity index (χ0) is 13.3. The normalized spacial score (nSPS) is 13.3. The molecule has 2 N–H and O–H groups in total. The van der Waals surface area contributed by atoms with Crippen molar-refractivity contribution in [3.05, 3.63) is 5.69 Å². The third kappa shape index (κ3) is 2.21. The largest absolute Gasteiger partial charge is 0.369 e. The van der Waals surface area contributed by atoms with Crippen LogP contribution in [0.15, 0.2) is 0 Å². The topological polar surface area (TPSA) is 61.7 Å². The summed E-state index contributed by atoms with van der Waals surface area (Å²) in [5.41, 5.74) is 8.98. The van der Waals surface area contributed by atoms with E-state index in [1.807, 2.05) is 23.4 Å². The molecule has 0 amide bonds. The molecule has 0 bridgehead atoms. The van der Waals surface area contributed by atoms with Crippen LogP contribution in [0.4, 0.5) is 5.95 Å². The second-order valence-corrected chi connectivity index (χ2v) is 5.63. The van der Waals surface area contributed by atoms with Gasteiger partial charge in [0.05, 0.1) is 5.69 Å². The highest BCUT2D eigenvalue weighted by Crippen LogP contribution is 2.22. The van der Waals surface area contributed by atoms with Crippen molar-refractivity contribution in [1.82, 2.24) is 19.3 Å². The predicted octanol–water partition coefficient (Wildman–Crippen LogP) is 2.14. The zero-order valence-electron chi connectivity index (χ0n) is 11.5. The molecule has 5 nitrogen and oxygen atoms in total. The fraction of sp³-hybridized carbons (Fsp3) is 0.667. The van der Waals surface area contributed by atoms with Crippen molar-refractivity contribution in [3.63, 3.8) is 0 Å². The van der Waals surface area contributed by atoms with Crippen molar-refractivity contribution in [2.45, 2.75) is 33.9 Å². The third-order valence-electron chi connectivity index (χ3n) is 3.07. The van der Waals surface area contributed by atoms with E-state index in [0.29, 0.717) is 11.9 Å². The molecule has 0 fully saturated rings. The van der Waals surface area contributed by atoms with Crippen LogP contribution in [0.5, 0.6) is 0 Å². The number of nitrogens with zero attached hydrogens (tertiary/aromatic N) is 4. The minimum atomic E-state index is 0.570. The average molecular weight is 267 g/mol. The zero-order valence-corrected chi connectivity index (χ0v) is 12.3. The van der Waals surface area contributed by atoms with Crippen LogP contribution >= 0.6 is 11.8 Å². The summed E-state index contributed by atoms with van der Waals surface area (Å²) in [4.78, 5) is 4.45. The lowest BCUT2D eigenvalue weighted by Gasteiger charge is -2.13. The molecule has 100 valence electrons. The molecule has 0 aromatic carbocycles. The van der Waals surface area contributed by atoms with Gasteiger partial charge in [0.2, 0.25) is 5.95 Å². The Morgan fingerprint density at radius 2 is 2.17 bits per heavy atom. The van der Waals surface area contributed by atoms with Gasteiger partial charge in [-0.25, -0.2) is 9.67 Å². The molecule has 1 unspecified atom stereocenters. The Kier molecular flexibility index (Phi) is 3.85. The molecule has 2 heterocycles.